The molecular formula is C26H31ClFN3OSSi. The van der Waals surface area contributed by atoms with Crippen LogP contribution in [0.4, 0.5) is 10.1 Å². The molecular weight excluding hydrogens is 485 g/mol. The molecule has 0 N–H and O–H groups in total. The highest BCUT2D eigenvalue weighted by atomic mass is 35.5. The van der Waals surface area contributed by atoms with E-state index in [0.717, 1.165) is 26.7 Å². The lowest BCUT2D eigenvalue weighted by atomic mass is 9.92. The zero-order valence-corrected chi connectivity index (χ0v) is 23.3. The predicted molar refractivity (Wildman–Crippen MR) is 142 cm³/mol. The molecule has 4 nitrogen and oxygen atoms in total. The van der Waals surface area contributed by atoms with Crippen LogP contribution < -0.4 is 0 Å². The van der Waals surface area contributed by atoms with Crippen molar-refractivity contribution in [2.24, 2.45) is 0 Å². The molecule has 0 spiro atoms. The van der Waals surface area contributed by atoms with Gasteiger partial charge in [0, 0.05) is 11.5 Å². The van der Waals surface area contributed by atoms with Crippen molar-refractivity contribution in [2.45, 2.75) is 71.2 Å². The molecule has 3 rings (SSSR count). The number of aromatic nitrogens is 2. The molecule has 3 aromatic rings. The molecule has 1 aromatic heterocycles. The highest BCUT2D eigenvalue weighted by molar-refractivity contribution is 7.14. The highest BCUT2D eigenvalue weighted by Crippen LogP contribution is 2.41. The van der Waals surface area contributed by atoms with Gasteiger partial charge in [-0.3, -0.25) is 0 Å². The van der Waals surface area contributed by atoms with Gasteiger partial charge in [-0.25, -0.2) is 9.24 Å². The first kappa shape index (κ1) is 26.5. The third kappa shape index (κ3) is 5.74. The van der Waals surface area contributed by atoms with Crippen molar-refractivity contribution in [2.75, 3.05) is 0 Å². The monoisotopic (exact) mass is 515 g/mol. The van der Waals surface area contributed by atoms with E-state index in [1.165, 1.54) is 23.5 Å². The molecule has 0 amide bonds. The van der Waals surface area contributed by atoms with Gasteiger partial charge in [0.25, 0.3) is 0 Å². The fourth-order valence-electron chi connectivity index (χ4n) is 3.53. The number of hydrogen-bond donors (Lipinski definition) is 0. The van der Waals surface area contributed by atoms with Crippen LogP contribution in [0, 0.1) is 19.3 Å². The number of halogens is 2. The summed E-state index contributed by atoms with van der Waals surface area (Å²) in [5, 5.41) is 11.1. The van der Waals surface area contributed by atoms with Gasteiger partial charge < -0.3 is 4.43 Å². The fourth-order valence-corrected chi connectivity index (χ4v) is 6.24. The first-order valence-electron chi connectivity index (χ1n) is 11.3. The van der Waals surface area contributed by atoms with Crippen molar-refractivity contribution >= 4 is 36.9 Å². The molecule has 8 heteroatoms. The van der Waals surface area contributed by atoms with Gasteiger partial charge in [-0.05, 0) is 73.8 Å². The Labute approximate surface area is 212 Å². The lowest BCUT2D eigenvalue weighted by molar-refractivity contribution is 0.167. The van der Waals surface area contributed by atoms with E-state index >= 15 is 0 Å². The zero-order valence-electron chi connectivity index (χ0n) is 20.7. The lowest BCUT2D eigenvalue weighted by Crippen LogP contribution is -2.44. The third-order valence-electron chi connectivity index (χ3n) is 6.74. The van der Waals surface area contributed by atoms with Crippen molar-refractivity contribution in [3.63, 3.8) is 0 Å². The van der Waals surface area contributed by atoms with E-state index in [1.54, 1.807) is 18.2 Å². The summed E-state index contributed by atoms with van der Waals surface area (Å²) in [7, 11) is -2.03. The Kier molecular flexibility index (Phi) is 7.98. The normalized spacial score (nSPS) is 14.0. The van der Waals surface area contributed by atoms with Crippen LogP contribution in [0.3, 0.4) is 0 Å². The number of benzene rings is 2. The van der Waals surface area contributed by atoms with E-state index in [0.29, 0.717) is 17.1 Å². The Morgan fingerprint density at radius 1 is 1.15 bits per heavy atom. The lowest BCUT2D eigenvalue weighted by Gasteiger charge is -2.40. The Morgan fingerprint density at radius 3 is 2.38 bits per heavy atom. The predicted octanol–water partition coefficient (Wildman–Crippen LogP) is 8.59. The largest absolute Gasteiger partial charge is 0.414 e. The topological polar surface area (TPSA) is 39.4 Å². The van der Waals surface area contributed by atoms with E-state index in [9.17, 15) is 4.39 Å². The second-order valence-electron chi connectivity index (χ2n) is 10.1. The molecule has 1 heterocycles. The Hall–Kier alpha value is -2.11. The smallest absolute Gasteiger partial charge is 0.205 e. The summed E-state index contributed by atoms with van der Waals surface area (Å²) >= 11 is 7.98. The SMILES string of the molecule is [C-]#[N+]c1ccc(C[C@@H](c2nnc(-c3ccc(F)cc3)s2)[C@@H](C)O[Si](C)(C)C(C)(C)C)c(C)c1Cl. The summed E-state index contributed by atoms with van der Waals surface area (Å²) in [5.41, 5.74) is 3.26. The Morgan fingerprint density at radius 2 is 1.79 bits per heavy atom. The summed E-state index contributed by atoms with van der Waals surface area (Å²) in [5.74, 6) is -0.327. The maximum Gasteiger partial charge on any atom is 0.205 e. The Balaban J connectivity index is 2.00. The molecule has 0 saturated heterocycles. The van der Waals surface area contributed by atoms with E-state index in [2.05, 4.69) is 55.8 Å². The summed E-state index contributed by atoms with van der Waals surface area (Å²) in [6.45, 7) is 22.6. The summed E-state index contributed by atoms with van der Waals surface area (Å²) in [6.07, 6.45) is 0.561. The first-order chi connectivity index (χ1) is 15.8. The molecule has 0 bridgehead atoms. The molecule has 0 saturated carbocycles. The van der Waals surface area contributed by atoms with Crippen LogP contribution >= 0.6 is 22.9 Å². The van der Waals surface area contributed by atoms with Crippen molar-refractivity contribution in [1.82, 2.24) is 10.2 Å². The molecule has 2 aromatic carbocycles. The standard InChI is InChI=1S/C26H31ClFN3OSSi/c1-16-19(11-14-22(29-6)23(16)27)15-21(17(2)32-34(7,8)26(3,4)5)25-31-30-24(33-25)18-9-12-20(28)13-10-18/h9-14,17,21H,15H2,1-5,7-8H3/t17-,21-/m1/s1. The van der Waals surface area contributed by atoms with Gasteiger partial charge in [0.15, 0.2) is 8.32 Å². The van der Waals surface area contributed by atoms with E-state index in [1.807, 2.05) is 13.0 Å². The molecule has 0 unspecified atom stereocenters. The summed E-state index contributed by atoms with van der Waals surface area (Å²) < 4.78 is 20.2. The zero-order chi connectivity index (χ0) is 25.3. The van der Waals surface area contributed by atoms with Crippen LogP contribution in [0.2, 0.25) is 23.2 Å². The Bertz CT molecular complexity index is 1200. The molecule has 34 heavy (non-hydrogen) atoms. The summed E-state index contributed by atoms with van der Waals surface area (Å²) in [4.78, 5) is 3.51. The minimum atomic E-state index is -2.03. The molecule has 0 aliphatic heterocycles. The number of rotatable bonds is 7. The molecule has 180 valence electrons. The van der Waals surface area contributed by atoms with Gasteiger partial charge in [0.05, 0.1) is 17.7 Å². The molecule has 0 radical (unpaired) electrons. The average Bonchev–Trinajstić information content (AvgIpc) is 3.24. The second kappa shape index (κ2) is 10.2. The second-order valence-corrected chi connectivity index (χ2v) is 16.3. The van der Waals surface area contributed by atoms with Gasteiger partial charge in [-0.1, -0.05) is 55.8 Å². The number of nitrogens with zero attached hydrogens (tertiary/aromatic N) is 3. The minimum Gasteiger partial charge on any atom is -0.414 e. The van der Waals surface area contributed by atoms with Crippen LogP contribution in [0.15, 0.2) is 36.4 Å². The first-order valence-corrected chi connectivity index (χ1v) is 15.4. The van der Waals surface area contributed by atoms with Crippen LogP contribution in [0.25, 0.3) is 15.4 Å². The van der Waals surface area contributed by atoms with Crippen molar-refractivity contribution in [1.29, 1.82) is 0 Å². The van der Waals surface area contributed by atoms with Crippen LogP contribution in [-0.2, 0) is 10.8 Å². The van der Waals surface area contributed by atoms with Crippen molar-refractivity contribution < 1.29 is 8.82 Å². The van der Waals surface area contributed by atoms with Gasteiger partial charge >= 0.3 is 0 Å². The van der Waals surface area contributed by atoms with Crippen molar-refractivity contribution in [3.8, 4) is 10.6 Å². The minimum absolute atomic E-state index is 0.0469. The van der Waals surface area contributed by atoms with Gasteiger partial charge in [0.2, 0.25) is 5.69 Å². The average molecular weight is 516 g/mol. The van der Waals surface area contributed by atoms with Crippen LogP contribution in [0.5, 0.6) is 0 Å². The molecule has 0 aliphatic carbocycles. The third-order valence-corrected chi connectivity index (χ3v) is 12.9. The van der Waals surface area contributed by atoms with Crippen molar-refractivity contribution in [3.05, 3.63) is 74.8 Å². The fraction of sp³-hybridized carbons (Fsp3) is 0.423. The molecule has 0 aliphatic rings. The maximum absolute atomic E-state index is 13.4. The molecule has 0 fully saturated rings. The number of hydrogen-bond acceptors (Lipinski definition) is 4. The van der Waals surface area contributed by atoms with E-state index < -0.39 is 8.32 Å². The van der Waals surface area contributed by atoms with E-state index in [4.69, 9.17) is 22.6 Å². The molecule has 2 atom stereocenters. The van der Waals surface area contributed by atoms with Gasteiger partial charge in [0.1, 0.15) is 15.8 Å². The van der Waals surface area contributed by atoms with Crippen LogP contribution in [0.1, 0.15) is 49.7 Å². The van der Waals surface area contributed by atoms with Gasteiger partial charge in [-0.15, -0.1) is 10.2 Å². The quantitative estimate of drug-likeness (QED) is 0.233. The maximum atomic E-state index is 13.4. The van der Waals surface area contributed by atoms with Gasteiger partial charge in [-0.2, -0.15) is 0 Å². The highest BCUT2D eigenvalue weighted by Gasteiger charge is 2.40. The van der Waals surface area contributed by atoms with Crippen LogP contribution in [-0.4, -0.2) is 24.6 Å². The van der Waals surface area contributed by atoms with E-state index in [-0.39, 0.29) is 22.9 Å². The summed E-state index contributed by atoms with van der Waals surface area (Å²) in [6, 6.07) is 10.1.